The summed E-state index contributed by atoms with van der Waals surface area (Å²) in [6.07, 6.45) is 3.96. The summed E-state index contributed by atoms with van der Waals surface area (Å²) in [7, 11) is 0. The Morgan fingerprint density at radius 2 is 1.27 bits per heavy atom. The summed E-state index contributed by atoms with van der Waals surface area (Å²) in [5.41, 5.74) is 2.11. The molecular formula is C20H20N2O2S2. The number of nitrogens with one attached hydrogen (secondary N) is 2. The molecule has 1 aliphatic rings. The van der Waals surface area contributed by atoms with Crippen molar-refractivity contribution in [3.8, 4) is 0 Å². The van der Waals surface area contributed by atoms with Crippen LogP contribution in [-0.2, 0) is 9.59 Å². The summed E-state index contributed by atoms with van der Waals surface area (Å²) in [6, 6.07) is 15.3. The molecule has 0 heterocycles. The lowest BCUT2D eigenvalue weighted by molar-refractivity contribution is -0.122. The fraction of sp³-hybridized carbons (Fsp3) is 0.200. The van der Waals surface area contributed by atoms with Crippen LogP contribution in [-0.4, -0.2) is 24.3 Å². The summed E-state index contributed by atoms with van der Waals surface area (Å²) in [5.74, 6) is -1.33. The van der Waals surface area contributed by atoms with Crippen LogP contribution in [0.4, 0.5) is 11.4 Å². The Bertz CT molecular complexity index is 797. The van der Waals surface area contributed by atoms with Crippen molar-refractivity contribution >= 4 is 46.7 Å². The van der Waals surface area contributed by atoms with Gasteiger partial charge in [0.15, 0.2) is 0 Å². The average molecular weight is 385 g/mol. The van der Waals surface area contributed by atoms with E-state index in [1.54, 1.807) is 23.5 Å². The van der Waals surface area contributed by atoms with Crippen LogP contribution in [0.5, 0.6) is 0 Å². The van der Waals surface area contributed by atoms with Gasteiger partial charge in [0.2, 0.25) is 11.8 Å². The van der Waals surface area contributed by atoms with Crippen molar-refractivity contribution in [2.24, 2.45) is 11.8 Å². The fourth-order valence-electron chi connectivity index (χ4n) is 2.80. The number of carbonyl (C=O) groups excluding carboxylic acids is 2. The molecule has 26 heavy (non-hydrogen) atoms. The van der Waals surface area contributed by atoms with Crippen LogP contribution in [0.3, 0.4) is 0 Å². The second kappa shape index (κ2) is 8.01. The van der Waals surface area contributed by atoms with Crippen LogP contribution in [0.1, 0.15) is 0 Å². The van der Waals surface area contributed by atoms with Crippen LogP contribution < -0.4 is 10.6 Å². The van der Waals surface area contributed by atoms with Gasteiger partial charge in [-0.25, -0.2) is 0 Å². The average Bonchev–Trinajstić information content (AvgIpc) is 3.33. The van der Waals surface area contributed by atoms with E-state index < -0.39 is 11.8 Å². The molecule has 2 aromatic rings. The largest absolute Gasteiger partial charge is 0.326 e. The maximum atomic E-state index is 12.5. The Kier molecular flexibility index (Phi) is 5.74. The summed E-state index contributed by atoms with van der Waals surface area (Å²) >= 11 is 3.22. The van der Waals surface area contributed by atoms with Crippen LogP contribution in [0.15, 0.2) is 70.5 Å². The molecule has 2 amide bonds. The smallest absolute Gasteiger partial charge is 0.232 e. The molecule has 0 aliphatic heterocycles. The topological polar surface area (TPSA) is 58.2 Å². The first-order valence-electron chi connectivity index (χ1n) is 8.12. The molecule has 4 nitrogen and oxygen atoms in total. The van der Waals surface area contributed by atoms with Crippen LogP contribution in [0, 0.1) is 11.8 Å². The highest BCUT2D eigenvalue weighted by Crippen LogP contribution is 2.45. The maximum absolute atomic E-state index is 12.5. The molecule has 2 N–H and O–H groups in total. The SMILES string of the molecule is C=C1[C@@H](C(=O)Nc2cccc(SC)c2)[C@@H]1C(=O)Nc1cccc(SC)c1. The van der Waals surface area contributed by atoms with Crippen molar-refractivity contribution in [1.29, 1.82) is 0 Å². The molecule has 0 bridgehead atoms. The zero-order valence-electron chi connectivity index (χ0n) is 14.6. The molecule has 134 valence electrons. The molecule has 3 rings (SSSR count). The highest BCUT2D eigenvalue weighted by Gasteiger charge is 2.52. The number of rotatable bonds is 6. The summed E-state index contributed by atoms with van der Waals surface area (Å²) in [5, 5.41) is 5.76. The van der Waals surface area contributed by atoms with Crippen LogP contribution >= 0.6 is 23.5 Å². The lowest BCUT2D eigenvalue weighted by Crippen LogP contribution is -2.20. The van der Waals surface area contributed by atoms with Gasteiger partial charge in [0.1, 0.15) is 0 Å². The van der Waals surface area contributed by atoms with Gasteiger partial charge in [0, 0.05) is 21.2 Å². The minimum atomic E-state index is -0.475. The van der Waals surface area contributed by atoms with E-state index >= 15 is 0 Å². The number of carbonyl (C=O) groups is 2. The zero-order valence-corrected chi connectivity index (χ0v) is 16.2. The normalized spacial score (nSPS) is 18.3. The summed E-state index contributed by atoms with van der Waals surface area (Å²) in [6.45, 7) is 3.89. The Hall–Kier alpha value is -2.18. The van der Waals surface area contributed by atoms with Gasteiger partial charge in [-0.05, 0) is 48.9 Å². The lowest BCUT2D eigenvalue weighted by Gasteiger charge is -2.07. The Balaban J connectivity index is 1.62. The number of benzene rings is 2. The van der Waals surface area contributed by atoms with E-state index in [0.717, 1.165) is 21.2 Å². The fourth-order valence-corrected chi connectivity index (χ4v) is 3.71. The van der Waals surface area contributed by atoms with Gasteiger partial charge in [0.25, 0.3) is 0 Å². The standard InChI is InChI=1S/C20H20N2O2S2/c1-12-17(19(23)21-13-6-4-8-15(10-13)25-2)18(12)20(24)22-14-7-5-9-16(11-14)26-3/h4-11,17-18H,1H2,2-3H3,(H,21,23)(H,22,24)/t17-,18-/m1/s1. The first-order valence-corrected chi connectivity index (χ1v) is 10.6. The minimum Gasteiger partial charge on any atom is -0.326 e. The quantitative estimate of drug-likeness (QED) is 0.568. The van der Waals surface area contributed by atoms with E-state index in [2.05, 4.69) is 17.2 Å². The summed E-state index contributed by atoms with van der Waals surface area (Å²) in [4.78, 5) is 27.1. The molecule has 1 saturated carbocycles. The van der Waals surface area contributed by atoms with Crippen molar-refractivity contribution in [2.75, 3.05) is 23.1 Å². The van der Waals surface area contributed by atoms with E-state index in [9.17, 15) is 9.59 Å². The Labute approximate surface area is 161 Å². The van der Waals surface area contributed by atoms with Gasteiger partial charge in [-0.3, -0.25) is 9.59 Å². The third-order valence-electron chi connectivity index (χ3n) is 4.26. The zero-order chi connectivity index (χ0) is 18.7. The second-order valence-corrected chi connectivity index (χ2v) is 7.73. The first-order chi connectivity index (χ1) is 12.5. The molecular weight excluding hydrogens is 364 g/mol. The van der Waals surface area contributed by atoms with Gasteiger partial charge in [-0.2, -0.15) is 0 Å². The molecule has 0 radical (unpaired) electrons. The second-order valence-electron chi connectivity index (χ2n) is 5.97. The van der Waals surface area contributed by atoms with E-state index in [1.165, 1.54) is 0 Å². The van der Waals surface area contributed by atoms with Gasteiger partial charge in [-0.15, -0.1) is 23.5 Å². The molecule has 0 saturated heterocycles. The molecule has 6 heteroatoms. The molecule has 1 aliphatic carbocycles. The van der Waals surface area contributed by atoms with Gasteiger partial charge in [0.05, 0.1) is 11.8 Å². The predicted octanol–water partition coefficient (Wildman–Crippen LogP) is 4.51. The molecule has 2 aromatic carbocycles. The molecule has 0 unspecified atom stereocenters. The number of hydrogen-bond donors (Lipinski definition) is 2. The first kappa shape index (κ1) is 18.6. The number of amides is 2. The van der Waals surface area contributed by atoms with Gasteiger partial charge < -0.3 is 10.6 Å². The number of thioether (sulfide) groups is 2. The molecule has 2 atom stereocenters. The molecule has 1 fully saturated rings. The monoisotopic (exact) mass is 384 g/mol. The van der Waals surface area contributed by atoms with E-state index in [1.807, 2.05) is 61.0 Å². The molecule has 0 spiro atoms. The summed E-state index contributed by atoms with van der Waals surface area (Å²) < 4.78 is 0. The van der Waals surface area contributed by atoms with Gasteiger partial charge >= 0.3 is 0 Å². The van der Waals surface area contributed by atoms with Crippen molar-refractivity contribution in [1.82, 2.24) is 0 Å². The third kappa shape index (κ3) is 4.14. The predicted molar refractivity (Wildman–Crippen MR) is 110 cm³/mol. The number of hydrogen-bond acceptors (Lipinski definition) is 4. The van der Waals surface area contributed by atoms with Crippen molar-refractivity contribution < 1.29 is 9.59 Å². The van der Waals surface area contributed by atoms with Crippen LogP contribution in [0.25, 0.3) is 0 Å². The van der Waals surface area contributed by atoms with Crippen molar-refractivity contribution in [2.45, 2.75) is 9.79 Å². The lowest BCUT2D eigenvalue weighted by atomic mass is 10.2. The minimum absolute atomic E-state index is 0.189. The van der Waals surface area contributed by atoms with E-state index in [-0.39, 0.29) is 11.8 Å². The van der Waals surface area contributed by atoms with E-state index in [0.29, 0.717) is 5.57 Å². The Morgan fingerprint density at radius 1 is 0.846 bits per heavy atom. The highest BCUT2D eigenvalue weighted by atomic mass is 32.2. The molecule has 0 aromatic heterocycles. The van der Waals surface area contributed by atoms with Crippen LogP contribution in [0.2, 0.25) is 0 Å². The van der Waals surface area contributed by atoms with E-state index in [4.69, 9.17) is 0 Å². The Morgan fingerprint density at radius 3 is 1.65 bits per heavy atom. The highest BCUT2D eigenvalue weighted by molar-refractivity contribution is 7.98. The number of anilines is 2. The third-order valence-corrected chi connectivity index (χ3v) is 5.71. The maximum Gasteiger partial charge on any atom is 0.232 e. The van der Waals surface area contributed by atoms with Gasteiger partial charge in [-0.1, -0.05) is 24.3 Å². The van der Waals surface area contributed by atoms with Crippen molar-refractivity contribution in [3.63, 3.8) is 0 Å². The van der Waals surface area contributed by atoms with Crippen molar-refractivity contribution in [3.05, 3.63) is 60.7 Å².